The van der Waals surface area contributed by atoms with Gasteiger partial charge in [-0.15, -0.1) is 0 Å². The number of hydrogen-bond acceptors (Lipinski definition) is 2. The third kappa shape index (κ3) is 3.73. The van der Waals surface area contributed by atoms with E-state index in [4.69, 9.17) is 11.0 Å². The van der Waals surface area contributed by atoms with Gasteiger partial charge in [0.15, 0.2) is 0 Å². The van der Waals surface area contributed by atoms with Crippen molar-refractivity contribution in [2.75, 3.05) is 0 Å². The number of furan rings is 1. The van der Waals surface area contributed by atoms with E-state index in [1.54, 1.807) is 0 Å². The van der Waals surface area contributed by atoms with E-state index in [1.807, 2.05) is 60.7 Å². The summed E-state index contributed by atoms with van der Waals surface area (Å²) in [7, 11) is 0. The first kappa shape index (κ1) is 27.1. The smallest absolute Gasteiger partial charge is 0.211 e. The molecule has 0 spiro atoms. The first-order chi connectivity index (χ1) is 24.2. The molecule has 0 N–H and O–H groups in total. The van der Waals surface area contributed by atoms with Crippen LogP contribution in [0, 0.1) is 17.9 Å². The Morgan fingerprint density at radius 2 is 1.04 bits per heavy atom. The second-order valence-electron chi connectivity index (χ2n) is 12.3. The van der Waals surface area contributed by atoms with E-state index in [-0.39, 0.29) is 0 Å². The van der Waals surface area contributed by atoms with E-state index in [2.05, 4.69) is 105 Å². The van der Waals surface area contributed by atoms with Gasteiger partial charge < -0.3 is 13.6 Å². The summed E-state index contributed by atoms with van der Waals surface area (Å²) >= 11 is 0. The molecule has 5 nitrogen and oxygen atoms in total. The van der Waals surface area contributed by atoms with Crippen molar-refractivity contribution in [3.8, 4) is 28.6 Å². The topological polar surface area (TPSA) is 51.1 Å². The molecule has 10 rings (SSSR count). The maximum atomic E-state index is 10.7. The van der Waals surface area contributed by atoms with Crippen LogP contribution in [0.25, 0.3) is 92.9 Å². The van der Waals surface area contributed by atoms with Crippen LogP contribution in [0.3, 0.4) is 0 Å². The molecule has 0 unspecified atom stereocenters. The van der Waals surface area contributed by atoms with E-state index in [1.165, 1.54) is 0 Å². The molecule has 0 bridgehead atoms. The Labute approximate surface area is 280 Å². The summed E-state index contributed by atoms with van der Waals surface area (Å²) in [4.78, 5) is 4.06. The average molecular weight is 625 g/mol. The van der Waals surface area contributed by atoms with Crippen LogP contribution in [0.1, 0.15) is 5.56 Å². The lowest BCUT2D eigenvalue weighted by atomic mass is 9.97. The van der Waals surface area contributed by atoms with Gasteiger partial charge in [0.25, 0.3) is 0 Å². The minimum Gasteiger partial charge on any atom is -0.456 e. The lowest BCUT2D eigenvalue weighted by molar-refractivity contribution is 0.669. The maximum absolute atomic E-state index is 10.7. The number of nitriles is 1. The van der Waals surface area contributed by atoms with E-state index in [0.717, 1.165) is 88.1 Å². The van der Waals surface area contributed by atoms with Crippen molar-refractivity contribution in [1.29, 1.82) is 5.26 Å². The molecule has 0 aliphatic heterocycles. The second kappa shape index (κ2) is 10.2. The van der Waals surface area contributed by atoms with Crippen molar-refractivity contribution in [1.82, 2.24) is 9.13 Å². The Balaban J connectivity index is 1.36. The number of nitrogens with zero attached hydrogens (tertiary/aromatic N) is 4. The monoisotopic (exact) mass is 624 g/mol. The fraction of sp³-hybridized carbons (Fsp3) is 0. The van der Waals surface area contributed by atoms with E-state index in [9.17, 15) is 5.26 Å². The van der Waals surface area contributed by atoms with Crippen molar-refractivity contribution >= 4 is 71.2 Å². The van der Waals surface area contributed by atoms with Crippen molar-refractivity contribution in [3.05, 3.63) is 163 Å². The molecule has 5 heteroatoms. The van der Waals surface area contributed by atoms with Crippen LogP contribution in [0.2, 0.25) is 0 Å². The van der Waals surface area contributed by atoms with Gasteiger partial charge in [0.1, 0.15) is 17.2 Å². The molecular formula is C44H24N4O. The Morgan fingerprint density at radius 1 is 0.490 bits per heavy atom. The van der Waals surface area contributed by atoms with E-state index < -0.39 is 0 Å². The number of aromatic nitrogens is 2. The highest BCUT2D eigenvalue weighted by Crippen LogP contribution is 2.45. The molecule has 3 heterocycles. The van der Waals surface area contributed by atoms with Crippen LogP contribution in [-0.2, 0) is 0 Å². The van der Waals surface area contributed by atoms with E-state index in [0.29, 0.717) is 11.3 Å². The first-order valence-corrected chi connectivity index (χ1v) is 16.1. The fourth-order valence-corrected chi connectivity index (χ4v) is 7.76. The summed E-state index contributed by atoms with van der Waals surface area (Å²) in [5.74, 6) is 0. The number of hydrogen-bond donors (Lipinski definition) is 0. The average Bonchev–Trinajstić information content (AvgIpc) is 3.80. The highest BCUT2D eigenvalue weighted by Gasteiger charge is 2.24. The van der Waals surface area contributed by atoms with Crippen LogP contribution in [0.15, 0.2) is 150 Å². The predicted molar refractivity (Wildman–Crippen MR) is 199 cm³/mol. The third-order valence-corrected chi connectivity index (χ3v) is 9.78. The lowest BCUT2D eigenvalue weighted by Crippen LogP contribution is -2.03. The Bertz CT molecular complexity index is 3030. The zero-order chi connectivity index (χ0) is 32.6. The fourth-order valence-electron chi connectivity index (χ4n) is 7.76. The zero-order valence-electron chi connectivity index (χ0n) is 26.1. The summed E-state index contributed by atoms with van der Waals surface area (Å²) in [6, 6.07) is 51.7. The number of rotatable bonds is 3. The van der Waals surface area contributed by atoms with Crippen molar-refractivity contribution < 1.29 is 4.42 Å². The quantitative estimate of drug-likeness (QED) is 0.184. The van der Waals surface area contributed by atoms with Crippen LogP contribution >= 0.6 is 0 Å². The highest BCUT2D eigenvalue weighted by atomic mass is 16.3. The summed E-state index contributed by atoms with van der Waals surface area (Å²) < 4.78 is 10.8. The van der Waals surface area contributed by atoms with Gasteiger partial charge in [-0.25, -0.2) is 4.85 Å². The summed E-state index contributed by atoms with van der Waals surface area (Å²) in [5.41, 5.74) is 9.91. The summed E-state index contributed by atoms with van der Waals surface area (Å²) in [6.07, 6.45) is 0. The molecule has 0 saturated carbocycles. The molecular weight excluding hydrogens is 601 g/mol. The molecule has 49 heavy (non-hydrogen) atoms. The van der Waals surface area contributed by atoms with E-state index >= 15 is 0 Å². The molecule has 0 radical (unpaired) electrons. The minimum absolute atomic E-state index is 0.531. The molecule has 7 aromatic carbocycles. The third-order valence-electron chi connectivity index (χ3n) is 9.78. The Morgan fingerprint density at radius 3 is 1.69 bits per heavy atom. The molecule has 0 amide bonds. The molecule has 226 valence electrons. The van der Waals surface area contributed by atoms with Gasteiger partial charge in [0.05, 0.1) is 45.6 Å². The zero-order valence-corrected chi connectivity index (χ0v) is 26.1. The predicted octanol–water partition coefficient (Wildman–Crippen LogP) is 11.9. The first-order valence-electron chi connectivity index (χ1n) is 16.1. The SMILES string of the molecule is [C-]#[N+]c1cccc(-c2cccc(C#N)c2-n2c3ccccc3c3cc4c(cc32)oc2ccccc24)c1-n1c2ccccc2c2ccccc21. The van der Waals surface area contributed by atoms with Crippen LogP contribution < -0.4 is 0 Å². The molecule has 0 aliphatic rings. The Kier molecular flexibility index (Phi) is 5.64. The maximum Gasteiger partial charge on any atom is 0.211 e. The minimum atomic E-state index is 0.531. The van der Waals surface area contributed by atoms with Crippen molar-refractivity contribution in [2.45, 2.75) is 0 Å². The highest BCUT2D eigenvalue weighted by molar-refractivity contribution is 6.18. The van der Waals surface area contributed by atoms with Gasteiger partial charge in [-0.1, -0.05) is 103 Å². The normalized spacial score (nSPS) is 11.6. The van der Waals surface area contributed by atoms with Crippen LogP contribution in [0.4, 0.5) is 5.69 Å². The van der Waals surface area contributed by atoms with Gasteiger partial charge in [0.2, 0.25) is 5.69 Å². The molecule has 0 fully saturated rings. The molecule has 0 aliphatic carbocycles. The van der Waals surface area contributed by atoms with Gasteiger partial charge in [0, 0.05) is 43.9 Å². The standard InChI is InChI=1S/C44H24N4O/c1-46-36-19-11-18-33(44(36)47-37-20-6-2-13-28(37)29-14-3-7-21-38(29)47)32-17-10-12-27(26-45)43(32)48-39-22-8-4-15-30(39)34-24-35-31-16-5-9-23-41(31)49-42(35)25-40(34)48/h2-25H. The van der Waals surface area contributed by atoms with Crippen molar-refractivity contribution in [3.63, 3.8) is 0 Å². The largest absolute Gasteiger partial charge is 0.456 e. The number of benzene rings is 7. The summed E-state index contributed by atoms with van der Waals surface area (Å²) in [5, 5.41) is 17.2. The number of para-hydroxylation sites is 6. The van der Waals surface area contributed by atoms with Gasteiger partial charge in [-0.2, -0.15) is 5.26 Å². The molecule has 0 atom stereocenters. The van der Waals surface area contributed by atoms with Gasteiger partial charge >= 0.3 is 0 Å². The Hall–Kier alpha value is -7.08. The second-order valence-corrected chi connectivity index (χ2v) is 12.3. The van der Waals surface area contributed by atoms with Crippen molar-refractivity contribution in [2.24, 2.45) is 0 Å². The lowest BCUT2D eigenvalue weighted by Gasteiger charge is -2.20. The molecule has 3 aromatic heterocycles. The van der Waals surface area contributed by atoms with Crippen LogP contribution in [0.5, 0.6) is 0 Å². The molecule has 0 saturated heterocycles. The number of fused-ring (bicyclic) bond motifs is 9. The van der Waals surface area contributed by atoms with Crippen LogP contribution in [-0.4, -0.2) is 9.13 Å². The molecule has 10 aromatic rings. The summed E-state index contributed by atoms with van der Waals surface area (Å²) in [6.45, 7) is 8.32. The van der Waals surface area contributed by atoms with Gasteiger partial charge in [-0.3, -0.25) is 0 Å². The van der Waals surface area contributed by atoms with Gasteiger partial charge in [-0.05, 0) is 42.0 Å².